The van der Waals surface area contributed by atoms with E-state index >= 15 is 0 Å². The van der Waals surface area contributed by atoms with Crippen LogP contribution in [0.25, 0.3) is 16.6 Å². The molecule has 0 aliphatic carbocycles. The molecule has 0 saturated heterocycles. The topological polar surface area (TPSA) is 127 Å². The van der Waals surface area contributed by atoms with Crippen LogP contribution in [0, 0.1) is 13.8 Å². The van der Waals surface area contributed by atoms with Crippen LogP contribution in [0.4, 0.5) is 5.69 Å². The van der Waals surface area contributed by atoms with Gasteiger partial charge in [0.05, 0.1) is 35.3 Å². The Labute approximate surface area is 206 Å². The summed E-state index contributed by atoms with van der Waals surface area (Å²) in [6.45, 7) is 4.20. The summed E-state index contributed by atoms with van der Waals surface area (Å²) in [6, 6.07) is 14.9. The van der Waals surface area contributed by atoms with Gasteiger partial charge >= 0.3 is 0 Å². The Balaban J connectivity index is 1.41. The van der Waals surface area contributed by atoms with Crippen LogP contribution >= 0.6 is 0 Å². The number of fused-ring (bicyclic) bond motifs is 2. The van der Waals surface area contributed by atoms with Crippen molar-refractivity contribution >= 4 is 28.1 Å². The maximum Gasteiger partial charge on any atom is 0.274 e. The lowest BCUT2D eigenvalue weighted by Gasteiger charge is -2.12. The minimum atomic E-state index is -1.12. The highest BCUT2D eigenvalue weighted by Crippen LogP contribution is 2.28. The van der Waals surface area contributed by atoms with E-state index in [1.807, 2.05) is 54.9 Å². The van der Waals surface area contributed by atoms with Crippen molar-refractivity contribution in [2.45, 2.75) is 33.1 Å². The van der Waals surface area contributed by atoms with Crippen LogP contribution in [0.5, 0.6) is 5.75 Å². The number of nitrogens with one attached hydrogen (secondary N) is 1. The van der Waals surface area contributed by atoms with Gasteiger partial charge in [0.15, 0.2) is 6.29 Å². The van der Waals surface area contributed by atoms with E-state index in [9.17, 15) is 9.90 Å². The van der Waals surface area contributed by atoms with Gasteiger partial charge in [-0.05, 0) is 44.2 Å². The van der Waals surface area contributed by atoms with Crippen LogP contribution in [0.2, 0.25) is 0 Å². The number of benzene rings is 1. The number of rotatable bonds is 8. The molecule has 0 saturated carbocycles. The summed E-state index contributed by atoms with van der Waals surface area (Å²) >= 11 is 0. The Morgan fingerprint density at radius 3 is 2.81 bits per heavy atom. The van der Waals surface area contributed by atoms with Gasteiger partial charge in [0, 0.05) is 36.4 Å². The first kappa shape index (κ1) is 23.5. The zero-order chi connectivity index (χ0) is 25.2. The largest absolute Gasteiger partial charge is 0.465 e. The summed E-state index contributed by atoms with van der Waals surface area (Å²) in [7, 11) is 0. The average Bonchev–Trinajstić information content (AvgIpc) is 3.40. The van der Waals surface area contributed by atoms with Gasteiger partial charge in [-0.15, -0.1) is 0 Å². The quantitative estimate of drug-likeness (QED) is 0.288. The number of pyridine rings is 2. The molecule has 0 aliphatic rings. The number of aliphatic hydroxyl groups is 2. The minimum Gasteiger partial charge on any atom is -0.465 e. The molecule has 184 valence electrons. The number of hydrogen-bond donors (Lipinski definition) is 3. The number of nitrogens with zero attached hydrogens (tertiary/aromatic N) is 5. The van der Waals surface area contributed by atoms with Gasteiger partial charge in [-0.1, -0.05) is 12.1 Å². The van der Waals surface area contributed by atoms with Gasteiger partial charge in [-0.25, -0.2) is 4.98 Å². The number of aliphatic hydroxyl groups excluding tert-OH is 2. The van der Waals surface area contributed by atoms with Crippen LogP contribution in [0.15, 0.2) is 60.9 Å². The minimum absolute atomic E-state index is 0.0936. The van der Waals surface area contributed by atoms with E-state index in [-0.39, 0.29) is 18.9 Å². The van der Waals surface area contributed by atoms with Crippen LogP contribution in [-0.4, -0.2) is 53.2 Å². The van der Waals surface area contributed by atoms with Crippen molar-refractivity contribution in [1.29, 1.82) is 0 Å². The van der Waals surface area contributed by atoms with Gasteiger partial charge in [0.1, 0.15) is 17.1 Å². The van der Waals surface area contributed by atoms with Crippen molar-refractivity contribution in [2.24, 2.45) is 0 Å². The van der Waals surface area contributed by atoms with E-state index in [0.717, 1.165) is 28.0 Å². The number of carbonyl (C=O) groups excluding carboxylic acids is 1. The summed E-state index contributed by atoms with van der Waals surface area (Å²) in [5, 5.41) is 27.2. The van der Waals surface area contributed by atoms with E-state index in [1.54, 1.807) is 22.7 Å². The molecule has 10 heteroatoms. The third-order valence-corrected chi connectivity index (χ3v) is 5.82. The summed E-state index contributed by atoms with van der Waals surface area (Å²) < 4.78 is 8.90. The number of carbonyl (C=O) groups is 1. The maximum absolute atomic E-state index is 13.2. The summed E-state index contributed by atoms with van der Waals surface area (Å²) in [5.41, 5.74) is 5.04. The highest BCUT2D eigenvalue weighted by Gasteiger charge is 2.18. The third kappa shape index (κ3) is 4.64. The Morgan fingerprint density at radius 2 is 2.00 bits per heavy atom. The highest BCUT2D eigenvalue weighted by atomic mass is 16.6. The molecular weight excluding hydrogens is 460 g/mol. The second kappa shape index (κ2) is 9.76. The maximum atomic E-state index is 13.2. The van der Waals surface area contributed by atoms with Gasteiger partial charge < -0.3 is 20.3 Å². The van der Waals surface area contributed by atoms with Crippen molar-refractivity contribution in [2.75, 3.05) is 11.9 Å². The molecule has 4 heterocycles. The van der Waals surface area contributed by atoms with Crippen molar-refractivity contribution < 1.29 is 19.7 Å². The molecule has 4 aromatic heterocycles. The van der Waals surface area contributed by atoms with Gasteiger partial charge in [-0.2, -0.15) is 5.10 Å². The molecule has 0 aliphatic heterocycles. The molecular formula is C26H26N6O4. The number of imidazole rings is 1. The first-order valence-electron chi connectivity index (χ1n) is 11.6. The fraction of sp³-hybridized carbons (Fsp3) is 0.231. The third-order valence-electron chi connectivity index (χ3n) is 5.82. The smallest absolute Gasteiger partial charge is 0.274 e. The number of aromatic nitrogens is 5. The van der Waals surface area contributed by atoms with Crippen LogP contribution < -0.4 is 10.1 Å². The Kier molecular flexibility index (Phi) is 6.36. The van der Waals surface area contributed by atoms with Crippen molar-refractivity contribution in [3.8, 4) is 5.75 Å². The predicted molar refractivity (Wildman–Crippen MR) is 134 cm³/mol. The van der Waals surface area contributed by atoms with E-state index in [1.165, 1.54) is 6.20 Å². The molecule has 1 atom stereocenters. The zero-order valence-electron chi connectivity index (χ0n) is 19.9. The normalized spacial score (nSPS) is 12.2. The first-order valence-corrected chi connectivity index (χ1v) is 11.6. The van der Waals surface area contributed by atoms with E-state index in [0.29, 0.717) is 29.3 Å². The molecule has 1 unspecified atom stereocenters. The summed E-state index contributed by atoms with van der Waals surface area (Å²) in [6.07, 6.45) is 2.10. The van der Waals surface area contributed by atoms with Crippen LogP contribution in [0.3, 0.4) is 0 Å². The lowest BCUT2D eigenvalue weighted by molar-refractivity contribution is -0.0326. The molecule has 1 aromatic carbocycles. The van der Waals surface area contributed by atoms with Crippen molar-refractivity contribution in [3.05, 3.63) is 83.7 Å². The van der Waals surface area contributed by atoms with Crippen molar-refractivity contribution in [3.63, 3.8) is 0 Å². The predicted octanol–water partition coefficient (Wildman–Crippen LogP) is 3.08. The molecule has 10 nitrogen and oxygen atoms in total. The first-order chi connectivity index (χ1) is 17.4. The van der Waals surface area contributed by atoms with Gasteiger partial charge in [0.2, 0.25) is 0 Å². The molecule has 36 heavy (non-hydrogen) atoms. The molecule has 0 spiro atoms. The fourth-order valence-corrected chi connectivity index (χ4v) is 4.20. The van der Waals surface area contributed by atoms with Gasteiger partial charge in [0.25, 0.3) is 5.91 Å². The van der Waals surface area contributed by atoms with Crippen LogP contribution in [0.1, 0.15) is 34.0 Å². The Bertz CT molecular complexity index is 1560. The molecule has 3 N–H and O–H groups in total. The second-order valence-corrected chi connectivity index (χ2v) is 8.49. The van der Waals surface area contributed by atoms with E-state index in [4.69, 9.17) is 14.9 Å². The number of ether oxygens (including phenoxy) is 1. The standard InChI is InChI=1S/C26H26N6O4/c1-16-5-3-6-18(28-16)15-32-21-8-4-7-20(25(21)17(2)30-32)29-26(35)22-14-27-23-13-19(9-11-31(22)23)36-24(34)10-12-33/h3-9,11,13-14,24,33-34H,10,12,15H2,1-2H3,(H,29,35). The molecule has 5 aromatic rings. The second-order valence-electron chi connectivity index (χ2n) is 8.49. The zero-order valence-corrected chi connectivity index (χ0v) is 19.9. The number of amides is 1. The number of anilines is 1. The Morgan fingerprint density at radius 1 is 1.17 bits per heavy atom. The molecule has 5 rings (SSSR count). The van der Waals surface area contributed by atoms with E-state index in [2.05, 4.69) is 15.3 Å². The molecule has 0 fully saturated rings. The number of hydrogen-bond acceptors (Lipinski definition) is 7. The van der Waals surface area contributed by atoms with Crippen molar-refractivity contribution in [1.82, 2.24) is 24.1 Å². The molecule has 0 radical (unpaired) electrons. The highest BCUT2D eigenvalue weighted by molar-refractivity contribution is 6.08. The fourth-order valence-electron chi connectivity index (χ4n) is 4.20. The van der Waals surface area contributed by atoms with Gasteiger partial charge in [-0.3, -0.25) is 18.9 Å². The molecule has 0 bridgehead atoms. The number of aryl methyl sites for hydroxylation is 2. The lowest BCUT2D eigenvalue weighted by Crippen LogP contribution is -2.17. The van der Waals surface area contributed by atoms with E-state index < -0.39 is 6.29 Å². The van der Waals surface area contributed by atoms with Crippen LogP contribution in [-0.2, 0) is 6.54 Å². The lowest BCUT2D eigenvalue weighted by atomic mass is 10.1. The molecule has 1 amide bonds. The monoisotopic (exact) mass is 486 g/mol. The Hall–Kier alpha value is -4.28. The summed E-state index contributed by atoms with van der Waals surface area (Å²) in [4.78, 5) is 22.1. The average molecular weight is 487 g/mol. The summed E-state index contributed by atoms with van der Waals surface area (Å²) in [5.74, 6) is 0.0633. The SMILES string of the molecule is Cc1cccc(Cn2nc(C)c3c(NC(=O)c4cnc5cc(OC(O)CCO)ccn45)cccc32)n1.